The third kappa shape index (κ3) is 4.47. The van der Waals surface area contributed by atoms with Gasteiger partial charge in [-0.25, -0.2) is 4.79 Å². The second kappa shape index (κ2) is 8.35. The smallest absolute Gasteiger partial charge is 0.329 e. The Morgan fingerprint density at radius 1 is 0.931 bits per heavy atom. The summed E-state index contributed by atoms with van der Waals surface area (Å²) in [6.07, 6.45) is 5.03. The standard InChI is InChI=1S/C22H18N4O3/c27-21-20(26(22(28)25-21)14-17-7-1-3-10-23-17)13-16-6-5-9-19(12-16)29-15-18-8-2-4-11-24-18/h1-13H,14-15H2,(H,25,27,28)/b20-13+. The second-order valence-electron chi connectivity index (χ2n) is 6.38. The fourth-order valence-corrected chi connectivity index (χ4v) is 2.91. The van der Waals surface area contributed by atoms with E-state index in [2.05, 4.69) is 15.3 Å². The number of pyridine rings is 2. The van der Waals surface area contributed by atoms with Crippen LogP contribution in [0.15, 0.2) is 78.8 Å². The lowest BCUT2D eigenvalue weighted by atomic mass is 10.1. The van der Waals surface area contributed by atoms with Crippen molar-refractivity contribution in [1.29, 1.82) is 0 Å². The predicted molar refractivity (Wildman–Crippen MR) is 106 cm³/mol. The van der Waals surface area contributed by atoms with Crippen LogP contribution in [0.3, 0.4) is 0 Å². The highest BCUT2D eigenvalue weighted by Crippen LogP contribution is 2.22. The molecule has 4 rings (SSSR count). The highest BCUT2D eigenvalue weighted by Gasteiger charge is 2.33. The van der Waals surface area contributed by atoms with Crippen molar-refractivity contribution in [3.8, 4) is 5.75 Å². The molecule has 1 aliphatic heterocycles. The average molecular weight is 386 g/mol. The minimum atomic E-state index is -0.463. The summed E-state index contributed by atoms with van der Waals surface area (Å²) in [5.74, 6) is 0.205. The lowest BCUT2D eigenvalue weighted by Crippen LogP contribution is -2.27. The molecular weight excluding hydrogens is 368 g/mol. The predicted octanol–water partition coefficient (Wildman–Crippen LogP) is 3.15. The van der Waals surface area contributed by atoms with Crippen molar-refractivity contribution in [3.05, 3.63) is 95.7 Å². The number of benzene rings is 1. The van der Waals surface area contributed by atoms with Gasteiger partial charge in [-0.1, -0.05) is 24.3 Å². The lowest BCUT2D eigenvalue weighted by Gasteiger charge is -2.14. The molecule has 1 aromatic carbocycles. The van der Waals surface area contributed by atoms with Crippen molar-refractivity contribution in [2.45, 2.75) is 13.2 Å². The molecule has 29 heavy (non-hydrogen) atoms. The molecule has 144 valence electrons. The third-order valence-corrected chi connectivity index (χ3v) is 4.31. The topological polar surface area (TPSA) is 84.4 Å². The minimum absolute atomic E-state index is 0.208. The molecule has 3 heterocycles. The number of nitrogens with one attached hydrogen (secondary N) is 1. The second-order valence-corrected chi connectivity index (χ2v) is 6.38. The first kappa shape index (κ1) is 18.4. The van der Waals surface area contributed by atoms with Gasteiger partial charge in [0.2, 0.25) is 0 Å². The summed E-state index contributed by atoms with van der Waals surface area (Å²) in [6, 6.07) is 17.9. The van der Waals surface area contributed by atoms with E-state index in [1.807, 2.05) is 48.5 Å². The molecule has 3 amide bonds. The molecule has 7 heteroatoms. The number of nitrogens with zero attached hydrogens (tertiary/aromatic N) is 3. The number of hydrogen-bond donors (Lipinski definition) is 1. The average Bonchev–Trinajstić information content (AvgIpc) is 3.01. The fraction of sp³-hybridized carbons (Fsp3) is 0.0909. The molecular formula is C22H18N4O3. The lowest BCUT2D eigenvalue weighted by molar-refractivity contribution is -0.116. The first-order valence-electron chi connectivity index (χ1n) is 9.06. The van der Waals surface area contributed by atoms with Crippen molar-refractivity contribution in [2.75, 3.05) is 0 Å². The minimum Gasteiger partial charge on any atom is -0.487 e. The maximum Gasteiger partial charge on any atom is 0.329 e. The molecule has 1 fully saturated rings. The van der Waals surface area contributed by atoms with E-state index in [9.17, 15) is 9.59 Å². The molecule has 0 unspecified atom stereocenters. The zero-order valence-electron chi connectivity index (χ0n) is 15.5. The van der Waals surface area contributed by atoms with E-state index in [1.54, 1.807) is 30.6 Å². The van der Waals surface area contributed by atoms with Crippen LogP contribution < -0.4 is 10.1 Å². The number of ether oxygens (including phenoxy) is 1. The molecule has 3 aromatic rings. The Morgan fingerprint density at radius 3 is 2.41 bits per heavy atom. The van der Waals surface area contributed by atoms with Gasteiger partial charge in [-0.05, 0) is 48.0 Å². The third-order valence-electron chi connectivity index (χ3n) is 4.31. The van der Waals surface area contributed by atoms with E-state index >= 15 is 0 Å². The van der Waals surface area contributed by atoms with Crippen LogP contribution in [0.25, 0.3) is 6.08 Å². The number of hydrogen-bond acceptors (Lipinski definition) is 5. The number of imide groups is 1. The van der Waals surface area contributed by atoms with Crippen LogP contribution in [-0.2, 0) is 17.9 Å². The largest absolute Gasteiger partial charge is 0.487 e. The van der Waals surface area contributed by atoms with Gasteiger partial charge in [-0.15, -0.1) is 0 Å². The Hall–Kier alpha value is -4.00. The van der Waals surface area contributed by atoms with Crippen molar-refractivity contribution in [3.63, 3.8) is 0 Å². The molecule has 2 aromatic heterocycles. The monoisotopic (exact) mass is 386 g/mol. The van der Waals surface area contributed by atoms with Crippen molar-refractivity contribution >= 4 is 18.0 Å². The van der Waals surface area contributed by atoms with Gasteiger partial charge in [0.1, 0.15) is 18.1 Å². The zero-order valence-corrected chi connectivity index (χ0v) is 15.5. The first-order chi connectivity index (χ1) is 14.2. The summed E-state index contributed by atoms with van der Waals surface area (Å²) in [7, 11) is 0. The Kier molecular flexibility index (Phi) is 5.29. The van der Waals surface area contributed by atoms with Crippen LogP contribution in [-0.4, -0.2) is 26.8 Å². The maximum atomic E-state index is 12.3. The van der Waals surface area contributed by atoms with Crippen molar-refractivity contribution in [2.24, 2.45) is 0 Å². The Labute approximate surface area is 167 Å². The van der Waals surface area contributed by atoms with Gasteiger partial charge < -0.3 is 4.74 Å². The molecule has 0 bridgehead atoms. The summed E-state index contributed by atoms with van der Waals surface area (Å²) >= 11 is 0. The van der Waals surface area contributed by atoms with Crippen LogP contribution in [0.1, 0.15) is 17.0 Å². The number of aromatic nitrogens is 2. The van der Waals surface area contributed by atoms with E-state index in [-0.39, 0.29) is 12.2 Å². The van der Waals surface area contributed by atoms with Crippen LogP contribution in [0.5, 0.6) is 5.75 Å². The number of carbonyl (C=O) groups is 2. The van der Waals surface area contributed by atoms with E-state index in [4.69, 9.17) is 4.74 Å². The first-order valence-corrected chi connectivity index (χ1v) is 9.06. The number of rotatable bonds is 6. The highest BCUT2D eigenvalue weighted by atomic mass is 16.5. The van der Waals surface area contributed by atoms with Crippen LogP contribution in [0.2, 0.25) is 0 Å². The number of carbonyl (C=O) groups excluding carboxylic acids is 2. The van der Waals surface area contributed by atoms with E-state index in [0.29, 0.717) is 18.1 Å². The Bertz CT molecular complexity index is 1050. The van der Waals surface area contributed by atoms with Crippen LogP contribution in [0, 0.1) is 0 Å². The molecule has 0 radical (unpaired) electrons. The van der Waals surface area contributed by atoms with Gasteiger partial charge in [-0.3, -0.25) is 25.0 Å². The molecule has 1 N–H and O–H groups in total. The van der Waals surface area contributed by atoms with Gasteiger partial charge in [0, 0.05) is 12.4 Å². The van der Waals surface area contributed by atoms with Gasteiger partial charge in [-0.2, -0.15) is 0 Å². The molecule has 1 aliphatic rings. The Balaban J connectivity index is 1.53. The number of urea groups is 1. The van der Waals surface area contributed by atoms with Crippen LogP contribution in [0.4, 0.5) is 4.79 Å². The molecule has 0 atom stereocenters. The van der Waals surface area contributed by atoms with Gasteiger partial charge in [0.05, 0.1) is 17.9 Å². The van der Waals surface area contributed by atoms with E-state index < -0.39 is 11.9 Å². The Morgan fingerprint density at radius 2 is 1.69 bits per heavy atom. The normalized spacial score (nSPS) is 14.9. The summed E-state index contributed by atoms with van der Waals surface area (Å²) < 4.78 is 5.78. The fourth-order valence-electron chi connectivity index (χ4n) is 2.91. The van der Waals surface area contributed by atoms with Crippen molar-refractivity contribution in [1.82, 2.24) is 20.2 Å². The summed E-state index contributed by atoms with van der Waals surface area (Å²) in [6.45, 7) is 0.547. The molecule has 0 saturated carbocycles. The highest BCUT2D eigenvalue weighted by molar-refractivity contribution is 6.13. The van der Waals surface area contributed by atoms with Crippen molar-refractivity contribution < 1.29 is 14.3 Å². The SMILES string of the molecule is O=C1NC(=O)N(Cc2ccccn2)/C1=C/c1cccc(OCc2ccccn2)c1. The van der Waals surface area contributed by atoms with Gasteiger partial charge in [0.25, 0.3) is 5.91 Å². The van der Waals surface area contributed by atoms with Crippen LogP contribution >= 0.6 is 0 Å². The summed E-state index contributed by atoms with van der Waals surface area (Å²) in [4.78, 5) is 34.3. The van der Waals surface area contributed by atoms with E-state index in [1.165, 1.54) is 4.90 Å². The molecule has 1 saturated heterocycles. The quantitative estimate of drug-likeness (QED) is 0.520. The summed E-state index contributed by atoms with van der Waals surface area (Å²) in [5.41, 5.74) is 2.52. The number of amides is 3. The molecule has 7 nitrogen and oxygen atoms in total. The molecule has 0 spiro atoms. The van der Waals surface area contributed by atoms with E-state index in [0.717, 1.165) is 11.3 Å². The maximum absolute atomic E-state index is 12.3. The zero-order chi connectivity index (χ0) is 20.1. The molecule has 0 aliphatic carbocycles. The van der Waals surface area contributed by atoms with Gasteiger partial charge >= 0.3 is 6.03 Å². The van der Waals surface area contributed by atoms with Gasteiger partial charge in [0.15, 0.2) is 0 Å². The summed E-state index contributed by atoms with van der Waals surface area (Å²) in [5, 5.41) is 2.33.